The zero-order chi connectivity index (χ0) is 24.3. The van der Waals surface area contributed by atoms with Gasteiger partial charge in [0.2, 0.25) is 11.8 Å². The molecule has 1 aliphatic heterocycles. The fourth-order valence-electron chi connectivity index (χ4n) is 3.95. The van der Waals surface area contributed by atoms with Gasteiger partial charge in [-0.3, -0.25) is 4.68 Å². The minimum Gasteiger partial charge on any atom is -0.422 e. The maximum absolute atomic E-state index is 14.8. The molecule has 0 saturated carbocycles. The first-order valence-electron chi connectivity index (χ1n) is 9.61. The highest BCUT2D eigenvalue weighted by Crippen LogP contribution is 2.53. The number of nitriles is 1. The van der Waals surface area contributed by atoms with E-state index in [-0.39, 0.29) is 16.8 Å². The van der Waals surface area contributed by atoms with Gasteiger partial charge in [0, 0.05) is 18.3 Å². The molecule has 0 spiro atoms. The highest BCUT2D eigenvalue weighted by atomic mass is 19.4. The summed E-state index contributed by atoms with van der Waals surface area (Å²) in [5.74, 6) is -7.58. The number of benzene rings is 1. The largest absolute Gasteiger partial charge is 0.459 e. The van der Waals surface area contributed by atoms with Gasteiger partial charge in [0.25, 0.3) is 0 Å². The second-order valence-electron chi connectivity index (χ2n) is 7.52. The number of halogens is 5. The maximum atomic E-state index is 14.8. The Kier molecular flexibility index (Phi) is 4.96. The molecule has 2 aromatic heterocycles. The minimum atomic E-state index is -5.94. The molecule has 33 heavy (non-hydrogen) atoms. The van der Waals surface area contributed by atoms with Crippen molar-refractivity contribution in [2.45, 2.75) is 31.9 Å². The number of aromatic nitrogens is 4. The van der Waals surface area contributed by atoms with Gasteiger partial charge in [-0.1, -0.05) is 18.2 Å². The van der Waals surface area contributed by atoms with Gasteiger partial charge >= 0.3 is 12.1 Å². The van der Waals surface area contributed by atoms with Crippen LogP contribution < -0.4 is 10.5 Å². The molecule has 3 heterocycles. The topological polar surface area (TPSA) is 94.7 Å². The predicted octanol–water partition coefficient (Wildman–Crippen LogP) is 4.09. The van der Waals surface area contributed by atoms with Crippen molar-refractivity contribution in [3.8, 4) is 17.6 Å². The number of allylic oxidation sites excluding steroid dienone is 1. The Morgan fingerprint density at radius 2 is 1.70 bits per heavy atom. The van der Waals surface area contributed by atoms with Crippen LogP contribution >= 0.6 is 0 Å². The lowest BCUT2D eigenvalue weighted by molar-refractivity contribution is -0.291. The number of nitrogens with zero attached hydrogens (tertiary/aromatic N) is 5. The van der Waals surface area contributed by atoms with Gasteiger partial charge in [-0.25, -0.2) is 0 Å². The van der Waals surface area contributed by atoms with E-state index in [2.05, 4.69) is 10.2 Å². The van der Waals surface area contributed by atoms with Crippen LogP contribution in [0.2, 0.25) is 0 Å². The second kappa shape index (κ2) is 7.33. The molecule has 0 amide bonds. The van der Waals surface area contributed by atoms with Crippen molar-refractivity contribution < 1.29 is 26.7 Å². The van der Waals surface area contributed by atoms with E-state index >= 15 is 0 Å². The fraction of sp³-hybridized carbons (Fsp3) is 0.286. The molecule has 1 aromatic carbocycles. The normalized spacial score (nSPS) is 16.4. The van der Waals surface area contributed by atoms with Crippen LogP contribution in [0.25, 0.3) is 5.69 Å². The van der Waals surface area contributed by atoms with Crippen LogP contribution in [-0.4, -0.2) is 25.7 Å². The van der Waals surface area contributed by atoms with Crippen LogP contribution in [0, 0.1) is 25.2 Å². The molecular formula is C21H17F5N6O. The van der Waals surface area contributed by atoms with E-state index in [1.807, 2.05) is 0 Å². The van der Waals surface area contributed by atoms with Crippen molar-refractivity contribution in [1.82, 2.24) is 19.6 Å². The molecule has 2 N–H and O–H groups in total. The number of hydrogen-bond donors (Lipinski definition) is 1. The second-order valence-corrected chi connectivity index (χ2v) is 7.52. The van der Waals surface area contributed by atoms with Gasteiger partial charge in [-0.05, 0) is 26.0 Å². The summed E-state index contributed by atoms with van der Waals surface area (Å²) in [5.41, 5.74) is 4.71. The lowest BCUT2D eigenvalue weighted by Gasteiger charge is -2.27. The molecular weight excluding hydrogens is 447 g/mol. The lowest BCUT2D eigenvalue weighted by Crippen LogP contribution is -2.36. The van der Waals surface area contributed by atoms with E-state index < -0.39 is 41.0 Å². The van der Waals surface area contributed by atoms with Gasteiger partial charge < -0.3 is 10.5 Å². The molecule has 1 aliphatic rings. The SMILES string of the molecule is Cc1nn(C)c(C)c1[C@@H]1C(C#N)=C(N)Oc2c1c(C(F)(F)C(F)(F)F)nn2-c1ccccc1. The molecule has 12 heteroatoms. The molecule has 0 fully saturated rings. The van der Waals surface area contributed by atoms with Crippen molar-refractivity contribution in [3.63, 3.8) is 0 Å². The van der Waals surface area contributed by atoms with Crippen LogP contribution in [0.3, 0.4) is 0 Å². The summed E-state index contributed by atoms with van der Waals surface area (Å²) >= 11 is 0. The Hall–Kier alpha value is -3.88. The summed E-state index contributed by atoms with van der Waals surface area (Å²) in [7, 11) is 1.59. The van der Waals surface area contributed by atoms with E-state index in [1.54, 1.807) is 45.2 Å². The van der Waals surface area contributed by atoms with Crippen LogP contribution in [-0.2, 0) is 13.0 Å². The van der Waals surface area contributed by atoms with Crippen LogP contribution in [0.15, 0.2) is 41.8 Å². The third-order valence-corrected chi connectivity index (χ3v) is 5.56. The van der Waals surface area contributed by atoms with E-state index in [9.17, 15) is 27.2 Å². The number of hydrogen-bond acceptors (Lipinski definition) is 5. The Bertz CT molecular complexity index is 1310. The highest BCUT2D eigenvalue weighted by Gasteiger charge is 2.63. The van der Waals surface area contributed by atoms with E-state index in [1.165, 1.54) is 16.8 Å². The van der Waals surface area contributed by atoms with Crippen molar-refractivity contribution >= 4 is 0 Å². The standard InChI is InChI=1S/C21H17F5N6O/c1-10-14(11(2)31(3)29-10)15-13(9-27)18(28)33-19-16(15)17(20(22,23)21(24,25)26)30-32(19)12-7-5-4-6-8-12/h4-8,15H,28H2,1-3H3/t15-/m0/s1. The smallest absolute Gasteiger partial charge is 0.422 e. The van der Waals surface area contributed by atoms with Crippen LogP contribution in [0.1, 0.15) is 34.1 Å². The van der Waals surface area contributed by atoms with Crippen molar-refractivity contribution in [3.05, 3.63) is 70.0 Å². The number of aryl methyl sites for hydroxylation is 2. The number of ether oxygens (including phenoxy) is 1. The zero-order valence-electron chi connectivity index (χ0n) is 17.6. The van der Waals surface area contributed by atoms with Gasteiger partial charge in [-0.2, -0.15) is 42.1 Å². The maximum Gasteiger partial charge on any atom is 0.459 e. The van der Waals surface area contributed by atoms with Crippen molar-refractivity contribution in [2.24, 2.45) is 12.8 Å². The van der Waals surface area contributed by atoms with Crippen molar-refractivity contribution in [1.29, 1.82) is 5.26 Å². The van der Waals surface area contributed by atoms with Gasteiger partial charge in [0.05, 0.1) is 22.9 Å². The Morgan fingerprint density at radius 3 is 2.21 bits per heavy atom. The first kappa shape index (κ1) is 22.3. The summed E-state index contributed by atoms with van der Waals surface area (Å²) in [6, 6.07) is 9.47. The quantitative estimate of drug-likeness (QED) is 0.589. The first-order valence-corrected chi connectivity index (χ1v) is 9.61. The van der Waals surface area contributed by atoms with Gasteiger partial charge in [0.15, 0.2) is 0 Å². The Balaban J connectivity index is 2.14. The summed E-state index contributed by atoms with van der Waals surface area (Å²) in [5, 5.41) is 17.6. The van der Waals surface area contributed by atoms with E-state index in [0.29, 0.717) is 11.4 Å². The lowest BCUT2D eigenvalue weighted by atomic mass is 9.82. The van der Waals surface area contributed by atoms with Crippen LogP contribution in [0.4, 0.5) is 22.0 Å². The highest BCUT2D eigenvalue weighted by molar-refractivity contribution is 5.59. The number of rotatable bonds is 3. The number of alkyl halides is 5. The molecule has 172 valence electrons. The molecule has 0 radical (unpaired) electrons. The van der Waals surface area contributed by atoms with E-state index in [4.69, 9.17) is 10.5 Å². The Labute approximate surface area is 184 Å². The predicted molar refractivity (Wildman–Crippen MR) is 105 cm³/mol. The average Bonchev–Trinajstić information content (AvgIpc) is 3.24. The molecule has 0 saturated heterocycles. The third-order valence-electron chi connectivity index (χ3n) is 5.56. The van der Waals surface area contributed by atoms with Crippen molar-refractivity contribution in [2.75, 3.05) is 0 Å². The summed E-state index contributed by atoms with van der Waals surface area (Å²) in [6.07, 6.45) is -5.94. The third kappa shape index (κ3) is 3.23. The summed E-state index contributed by atoms with van der Waals surface area (Å²) in [4.78, 5) is 0. The molecule has 4 rings (SSSR count). The minimum absolute atomic E-state index is 0.171. The molecule has 0 aliphatic carbocycles. The Morgan fingerprint density at radius 1 is 1.06 bits per heavy atom. The molecule has 1 atom stereocenters. The summed E-state index contributed by atoms with van der Waals surface area (Å²) < 4.78 is 77.8. The van der Waals surface area contributed by atoms with Gasteiger partial charge in [-0.15, -0.1) is 0 Å². The monoisotopic (exact) mass is 464 g/mol. The number of fused-ring (bicyclic) bond motifs is 1. The average molecular weight is 464 g/mol. The number of para-hydroxylation sites is 1. The van der Waals surface area contributed by atoms with Crippen LogP contribution in [0.5, 0.6) is 5.88 Å². The summed E-state index contributed by atoms with van der Waals surface area (Å²) in [6.45, 7) is 3.17. The molecule has 0 bridgehead atoms. The zero-order valence-corrected chi connectivity index (χ0v) is 17.6. The fourth-order valence-corrected chi connectivity index (χ4v) is 3.95. The van der Waals surface area contributed by atoms with Gasteiger partial charge in [0.1, 0.15) is 17.3 Å². The molecule has 0 unspecified atom stereocenters. The van der Waals surface area contributed by atoms with E-state index in [0.717, 1.165) is 4.68 Å². The number of nitrogens with two attached hydrogens (primary N) is 1. The molecule has 3 aromatic rings. The first-order chi connectivity index (χ1) is 15.4. The molecule has 7 nitrogen and oxygen atoms in total.